The van der Waals surface area contributed by atoms with E-state index in [1.807, 2.05) is 0 Å². The molecule has 26 heavy (non-hydrogen) atoms. The van der Waals surface area contributed by atoms with E-state index in [0.29, 0.717) is 0 Å². The van der Waals surface area contributed by atoms with Crippen LogP contribution in [0.4, 0.5) is 54.0 Å². The molecule has 15 heteroatoms. The van der Waals surface area contributed by atoms with Gasteiger partial charge in [-0.2, -0.15) is 43.9 Å². The molecule has 1 rings (SSSR count). The summed E-state index contributed by atoms with van der Waals surface area (Å²) in [4.78, 5) is -1.45. The van der Waals surface area contributed by atoms with Gasteiger partial charge in [0, 0.05) is 16.1 Å². The van der Waals surface area contributed by atoms with Crippen molar-refractivity contribution < 1.29 is 52.8 Å². The number of benzene rings is 1. The minimum absolute atomic E-state index is 0.186. The molecular formula is C11H5BrF11NOS. The van der Waals surface area contributed by atoms with E-state index in [1.165, 1.54) is 0 Å². The number of rotatable bonds is 4. The molecule has 0 saturated heterocycles. The molecule has 2 unspecified atom stereocenters. The molecular weight excluding hydrogens is 483 g/mol. The second kappa shape index (κ2) is 6.89. The Labute approximate surface area is 148 Å². The van der Waals surface area contributed by atoms with Crippen LogP contribution in [-0.2, 0) is 16.8 Å². The normalized spacial score (nSPS) is 17.3. The van der Waals surface area contributed by atoms with Crippen LogP contribution in [0.1, 0.15) is 5.56 Å². The van der Waals surface area contributed by atoms with Crippen molar-refractivity contribution in [2.45, 2.75) is 34.6 Å². The summed E-state index contributed by atoms with van der Waals surface area (Å²) < 4.78 is 152. The maximum atomic E-state index is 14.3. The average molecular weight is 488 g/mol. The third-order valence-corrected chi connectivity index (χ3v) is 4.80. The number of halogens is 12. The topological polar surface area (TPSA) is 49.1 Å². The Kier molecular flexibility index (Phi) is 6.12. The van der Waals surface area contributed by atoms with Gasteiger partial charge in [0.15, 0.2) is 4.90 Å². The van der Waals surface area contributed by atoms with Gasteiger partial charge in [-0.1, -0.05) is 0 Å². The molecule has 1 aromatic rings. The fraction of sp³-hybridized carbons (Fsp3) is 0.455. The first-order chi connectivity index (χ1) is 11.4. The Hall–Kier alpha value is -0.960. The molecule has 1 aromatic carbocycles. The van der Waals surface area contributed by atoms with Crippen molar-refractivity contribution in [3.05, 3.63) is 22.2 Å². The second-order valence-corrected chi connectivity index (χ2v) is 6.90. The predicted octanol–water partition coefficient (Wildman–Crippen LogP) is 5.29. The van der Waals surface area contributed by atoms with Gasteiger partial charge in [-0.05, 0) is 22.0 Å². The Bertz CT molecular complexity index is 677. The van der Waals surface area contributed by atoms with Crippen LogP contribution in [0.5, 0.6) is 0 Å². The summed E-state index contributed by atoms with van der Waals surface area (Å²) in [6, 6.07) is -0.649. The summed E-state index contributed by atoms with van der Waals surface area (Å²) in [6.07, 6.45) is -13.8. The first-order valence-electron chi connectivity index (χ1n) is 5.88. The van der Waals surface area contributed by atoms with Crippen molar-refractivity contribution in [1.82, 2.24) is 0 Å². The van der Waals surface area contributed by atoms with Gasteiger partial charge >= 0.3 is 29.7 Å². The smallest absolute Gasteiger partial charge is 0.457 e. The summed E-state index contributed by atoms with van der Waals surface area (Å²) in [6.45, 7) is 0. The van der Waals surface area contributed by atoms with E-state index in [-0.39, 0.29) is 6.07 Å². The first kappa shape index (κ1) is 23.1. The summed E-state index contributed by atoms with van der Waals surface area (Å²) >= 11 is -1.20. The highest BCUT2D eigenvalue weighted by atomic mass is 79.9. The van der Waals surface area contributed by atoms with E-state index in [0.717, 1.165) is 0 Å². The van der Waals surface area contributed by atoms with Gasteiger partial charge in [-0.3, -0.25) is 0 Å². The van der Waals surface area contributed by atoms with Crippen LogP contribution >= 0.6 is 15.9 Å². The maximum absolute atomic E-state index is 14.3. The minimum atomic E-state index is -7.00. The van der Waals surface area contributed by atoms with Gasteiger partial charge < -0.3 is 10.3 Å². The lowest BCUT2D eigenvalue weighted by molar-refractivity contribution is -0.389. The number of hydrogen-bond acceptors (Lipinski definition) is 2. The maximum Gasteiger partial charge on any atom is 0.457 e. The Balaban J connectivity index is 3.87. The Morgan fingerprint density at radius 3 is 1.73 bits per heavy atom. The van der Waals surface area contributed by atoms with Crippen molar-refractivity contribution in [2.75, 3.05) is 5.73 Å². The molecule has 0 heterocycles. The van der Waals surface area contributed by atoms with E-state index in [4.69, 9.17) is 5.73 Å². The zero-order valence-electron chi connectivity index (χ0n) is 11.7. The highest BCUT2D eigenvalue weighted by Crippen LogP contribution is 2.59. The molecule has 150 valence electrons. The molecule has 0 amide bonds. The van der Waals surface area contributed by atoms with E-state index < -0.39 is 67.6 Å². The predicted molar refractivity (Wildman–Crippen MR) is 70.8 cm³/mol. The first-order valence-corrected chi connectivity index (χ1v) is 7.88. The van der Waals surface area contributed by atoms with Gasteiger partial charge in [0.2, 0.25) is 0 Å². The fourth-order valence-corrected chi connectivity index (χ4v) is 3.13. The molecule has 2 N–H and O–H groups in total. The highest BCUT2D eigenvalue weighted by molar-refractivity contribution is 9.10. The lowest BCUT2D eigenvalue weighted by Gasteiger charge is -2.36. The average Bonchev–Trinajstić information content (AvgIpc) is 2.45. The van der Waals surface area contributed by atoms with Crippen molar-refractivity contribution in [3.63, 3.8) is 0 Å². The van der Waals surface area contributed by atoms with Crippen LogP contribution in [0.2, 0.25) is 0 Å². The monoisotopic (exact) mass is 487 g/mol. The molecule has 0 aromatic heterocycles. The fourth-order valence-electron chi connectivity index (χ4n) is 1.77. The van der Waals surface area contributed by atoms with Crippen LogP contribution in [0.15, 0.2) is 21.5 Å². The van der Waals surface area contributed by atoms with Gasteiger partial charge in [-0.25, -0.2) is 4.39 Å². The number of alkyl halides is 11. The molecule has 0 aliphatic heterocycles. The molecule has 0 spiro atoms. The van der Waals surface area contributed by atoms with Crippen molar-refractivity contribution in [2.24, 2.45) is 0 Å². The van der Waals surface area contributed by atoms with Gasteiger partial charge in [-0.15, -0.1) is 0 Å². The van der Waals surface area contributed by atoms with Crippen LogP contribution in [-0.4, -0.2) is 28.6 Å². The largest absolute Gasteiger partial charge is 0.607 e. The summed E-state index contributed by atoms with van der Waals surface area (Å²) in [5.41, 5.74) is -4.57. The molecule has 0 fully saturated rings. The van der Waals surface area contributed by atoms with E-state index in [9.17, 15) is 52.8 Å². The van der Waals surface area contributed by atoms with Crippen molar-refractivity contribution in [3.8, 4) is 0 Å². The number of anilines is 1. The summed E-state index contributed by atoms with van der Waals surface area (Å²) in [7, 11) is 0. The standard InChI is InChI=1S/C11H5BrF11NOS/c12-4-1-3(2-5(6(4)24)26(25)7(13)14)8(15,10(18,19)20)9(16,17)11(21,22)23/h1-2,7H,24H2. The van der Waals surface area contributed by atoms with Crippen LogP contribution in [0, 0.1) is 0 Å². The molecule has 0 aliphatic rings. The third-order valence-electron chi connectivity index (χ3n) is 3.05. The van der Waals surface area contributed by atoms with E-state index in [2.05, 4.69) is 15.9 Å². The number of nitrogens with two attached hydrogens (primary N) is 1. The molecule has 0 aliphatic carbocycles. The second-order valence-electron chi connectivity index (χ2n) is 4.66. The Morgan fingerprint density at radius 2 is 1.38 bits per heavy atom. The summed E-state index contributed by atoms with van der Waals surface area (Å²) in [5.74, 6) is -10.8. The summed E-state index contributed by atoms with van der Waals surface area (Å²) in [5, 5.41) is 0. The molecule has 2 nitrogen and oxygen atoms in total. The third kappa shape index (κ3) is 3.56. The van der Waals surface area contributed by atoms with Crippen LogP contribution in [0.25, 0.3) is 0 Å². The van der Waals surface area contributed by atoms with E-state index >= 15 is 0 Å². The zero-order valence-corrected chi connectivity index (χ0v) is 14.1. The quantitative estimate of drug-likeness (QED) is 0.356. The van der Waals surface area contributed by atoms with Crippen molar-refractivity contribution in [1.29, 1.82) is 0 Å². The lowest BCUT2D eigenvalue weighted by Crippen LogP contribution is -2.59. The minimum Gasteiger partial charge on any atom is -0.607 e. The lowest BCUT2D eigenvalue weighted by atomic mass is 9.87. The molecule has 0 saturated carbocycles. The van der Waals surface area contributed by atoms with Crippen LogP contribution in [0.3, 0.4) is 0 Å². The molecule has 0 radical (unpaired) electrons. The van der Waals surface area contributed by atoms with Crippen molar-refractivity contribution >= 4 is 32.8 Å². The zero-order chi connectivity index (χ0) is 20.9. The highest BCUT2D eigenvalue weighted by Gasteiger charge is 2.81. The Morgan fingerprint density at radius 1 is 0.923 bits per heavy atom. The molecule has 2 atom stereocenters. The van der Waals surface area contributed by atoms with Gasteiger partial charge in [0.1, 0.15) is 5.69 Å². The number of hydrogen-bond donors (Lipinski definition) is 1. The van der Waals surface area contributed by atoms with Crippen LogP contribution < -0.4 is 5.73 Å². The van der Waals surface area contributed by atoms with E-state index in [1.54, 1.807) is 0 Å². The number of nitrogen functional groups attached to an aromatic ring is 1. The SMILES string of the molecule is Nc1c(Br)cc(C(F)(C(F)(F)F)C(F)(F)C(F)(F)F)cc1[S+]([O-])C(F)F. The molecule has 0 bridgehead atoms. The van der Waals surface area contributed by atoms with Gasteiger partial charge in [0.05, 0.1) is 11.2 Å². The van der Waals surface area contributed by atoms with Gasteiger partial charge in [0.25, 0.3) is 0 Å².